The van der Waals surface area contributed by atoms with E-state index in [1.54, 1.807) is 13.4 Å². The molecule has 3 nitrogen and oxygen atoms in total. The molecule has 89 valence electrons. The van der Waals surface area contributed by atoms with Crippen LogP contribution >= 0.6 is 17.0 Å². The van der Waals surface area contributed by atoms with Crippen LogP contribution in [0.4, 0.5) is 0 Å². The lowest BCUT2D eigenvalue weighted by Crippen LogP contribution is -2.10. The van der Waals surface area contributed by atoms with Crippen molar-refractivity contribution in [3.8, 4) is 5.75 Å². The first kappa shape index (κ1) is 13.7. The molecule has 2 aromatic carbocycles. The lowest BCUT2D eigenvalue weighted by atomic mass is 10.0. The van der Waals surface area contributed by atoms with E-state index in [1.165, 1.54) is 0 Å². The number of nitrogens with two attached hydrogens (primary N) is 1. The predicted molar refractivity (Wildman–Crippen MR) is 73.4 cm³/mol. The molecule has 0 spiro atoms. The topological polar surface area (TPSA) is 52.3 Å². The maximum atomic E-state index is 10.5. The number of methoxy groups -OCH3 is 1. The van der Waals surface area contributed by atoms with Crippen molar-refractivity contribution in [2.45, 2.75) is 6.04 Å². The van der Waals surface area contributed by atoms with Gasteiger partial charge in [-0.3, -0.25) is 4.79 Å². The van der Waals surface area contributed by atoms with Gasteiger partial charge in [-0.15, -0.1) is 17.0 Å². The molecule has 0 amide bonds. The van der Waals surface area contributed by atoms with E-state index >= 15 is 0 Å². The van der Waals surface area contributed by atoms with Crippen molar-refractivity contribution in [3.63, 3.8) is 0 Å². The Morgan fingerprint density at radius 3 is 2.71 bits per heavy atom. The second kappa shape index (κ2) is 5.80. The molecule has 0 fully saturated rings. The van der Waals surface area contributed by atoms with Crippen LogP contribution in [-0.4, -0.2) is 13.4 Å². The monoisotopic (exact) mass is 294 g/mol. The van der Waals surface area contributed by atoms with Crippen LogP contribution in [0.15, 0.2) is 36.4 Å². The largest absolute Gasteiger partial charge is 0.496 e. The van der Waals surface area contributed by atoms with Crippen LogP contribution in [0.3, 0.4) is 0 Å². The Morgan fingerprint density at radius 2 is 2.06 bits per heavy atom. The molecule has 0 aliphatic heterocycles. The highest BCUT2D eigenvalue weighted by atomic mass is 79.9. The van der Waals surface area contributed by atoms with E-state index in [0.717, 1.165) is 22.1 Å². The summed E-state index contributed by atoms with van der Waals surface area (Å²) in [6, 6.07) is 10.7. The maximum absolute atomic E-state index is 10.5. The molecule has 2 rings (SSSR count). The van der Waals surface area contributed by atoms with Crippen LogP contribution < -0.4 is 10.5 Å². The molecule has 0 aromatic heterocycles. The van der Waals surface area contributed by atoms with Gasteiger partial charge in [-0.25, -0.2) is 0 Å². The summed E-state index contributed by atoms with van der Waals surface area (Å²) in [7, 11) is 1.62. The average Bonchev–Trinajstić information content (AvgIpc) is 2.36. The van der Waals surface area contributed by atoms with Gasteiger partial charge in [-0.05, 0) is 23.1 Å². The van der Waals surface area contributed by atoms with E-state index in [2.05, 4.69) is 0 Å². The number of hydrogen-bond acceptors (Lipinski definition) is 3. The molecule has 0 saturated heterocycles. The van der Waals surface area contributed by atoms with Gasteiger partial charge in [0.15, 0.2) is 0 Å². The van der Waals surface area contributed by atoms with E-state index < -0.39 is 6.04 Å². The molecule has 2 N–H and O–H groups in total. The van der Waals surface area contributed by atoms with Gasteiger partial charge in [0, 0.05) is 5.39 Å². The van der Waals surface area contributed by atoms with E-state index in [4.69, 9.17) is 10.5 Å². The summed E-state index contributed by atoms with van der Waals surface area (Å²) in [5.41, 5.74) is 6.35. The Morgan fingerprint density at radius 1 is 1.29 bits per heavy atom. The van der Waals surface area contributed by atoms with Gasteiger partial charge < -0.3 is 10.5 Å². The van der Waals surface area contributed by atoms with E-state index in [0.29, 0.717) is 0 Å². The lowest BCUT2D eigenvalue weighted by molar-refractivity contribution is 0.420. The molecule has 4 heteroatoms. The number of halogens is 1. The SMILES string of the molecule is Br.COc1cccc2ccc(C(N)[C]=O)cc12. The molecule has 1 atom stereocenters. The quantitative estimate of drug-likeness (QED) is 0.946. The highest BCUT2D eigenvalue weighted by Crippen LogP contribution is 2.27. The number of hydrogen-bond donors (Lipinski definition) is 1. The number of carbonyl (C=O) groups excluding carboxylic acids is 1. The number of ether oxygens (including phenoxy) is 1. The summed E-state index contributed by atoms with van der Waals surface area (Å²) in [5.74, 6) is 0.775. The number of benzene rings is 2. The third-order valence-electron chi connectivity index (χ3n) is 2.57. The molecule has 1 radical (unpaired) electrons. The van der Waals surface area contributed by atoms with E-state index in [9.17, 15) is 4.79 Å². The Kier molecular flexibility index (Phi) is 4.66. The number of rotatable bonds is 3. The first-order chi connectivity index (χ1) is 7.76. The zero-order chi connectivity index (χ0) is 11.5. The van der Waals surface area contributed by atoms with Crippen molar-refractivity contribution in [2.24, 2.45) is 5.73 Å². The molecular weight excluding hydrogens is 282 g/mol. The maximum Gasteiger partial charge on any atom is 0.221 e. The Hall–Kier alpha value is -1.39. The van der Waals surface area contributed by atoms with Gasteiger partial charge in [0.05, 0.1) is 13.2 Å². The Bertz CT molecular complexity index is 528. The third kappa shape index (κ3) is 2.65. The van der Waals surface area contributed by atoms with Crippen molar-refractivity contribution >= 4 is 34.0 Å². The predicted octanol–water partition coefficient (Wildman–Crippen LogP) is 2.54. The smallest absolute Gasteiger partial charge is 0.221 e. The Labute approximate surface area is 110 Å². The van der Waals surface area contributed by atoms with Gasteiger partial charge in [0.1, 0.15) is 5.75 Å². The van der Waals surface area contributed by atoms with Crippen molar-refractivity contribution < 1.29 is 9.53 Å². The van der Waals surface area contributed by atoms with Gasteiger partial charge in [0.25, 0.3) is 0 Å². The summed E-state index contributed by atoms with van der Waals surface area (Å²) in [4.78, 5) is 10.5. The summed E-state index contributed by atoms with van der Waals surface area (Å²) < 4.78 is 5.26. The minimum absolute atomic E-state index is 0. The van der Waals surface area contributed by atoms with Gasteiger partial charge in [-0.2, -0.15) is 0 Å². The Balaban J connectivity index is 0.00000144. The van der Waals surface area contributed by atoms with E-state index in [-0.39, 0.29) is 17.0 Å². The highest BCUT2D eigenvalue weighted by molar-refractivity contribution is 8.93. The second-order valence-corrected chi connectivity index (χ2v) is 3.54. The summed E-state index contributed by atoms with van der Waals surface area (Å²) in [5, 5.41) is 2.01. The van der Waals surface area contributed by atoms with Crippen molar-refractivity contribution in [3.05, 3.63) is 42.0 Å². The average molecular weight is 295 g/mol. The third-order valence-corrected chi connectivity index (χ3v) is 2.57. The molecule has 0 heterocycles. The summed E-state index contributed by atoms with van der Waals surface area (Å²) in [6.07, 6.45) is 1.77. The van der Waals surface area contributed by atoms with Crippen LogP contribution in [0.1, 0.15) is 11.6 Å². The second-order valence-electron chi connectivity index (χ2n) is 3.54. The fourth-order valence-corrected chi connectivity index (χ4v) is 1.70. The molecule has 0 saturated carbocycles. The molecule has 0 aliphatic carbocycles. The van der Waals surface area contributed by atoms with Crippen LogP contribution in [-0.2, 0) is 4.79 Å². The van der Waals surface area contributed by atoms with Crippen molar-refractivity contribution in [1.29, 1.82) is 0 Å². The number of fused-ring (bicyclic) bond motifs is 1. The molecule has 0 aliphatic rings. The van der Waals surface area contributed by atoms with Crippen LogP contribution in [0.5, 0.6) is 5.75 Å². The van der Waals surface area contributed by atoms with Crippen LogP contribution in [0, 0.1) is 0 Å². The fourth-order valence-electron chi connectivity index (χ4n) is 1.70. The molecule has 17 heavy (non-hydrogen) atoms. The minimum Gasteiger partial charge on any atom is -0.496 e. The zero-order valence-corrected chi connectivity index (χ0v) is 11.1. The molecule has 0 bridgehead atoms. The standard InChI is InChI=1S/C13H12NO2.BrH/c1-16-13-4-2-3-9-5-6-10(7-11(9)13)12(14)8-15;/h2-7,12H,14H2,1H3;1H. The normalized spacial score (nSPS) is 11.6. The summed E-state index contributed by atoms with van der Waals surface area (Å²) in [6.45, 7) is 0. The van der Waals surface area contributed by atoms with Crippen LogP contribution in [0.25, 0.3) is 10.8 Å². The first-order valence-electron chi connectivity index (χ1n) is 4.96. The van der Waals surface area contributed by atoms with Gasteiger partial charge in [-0.1, -0.05) is 24.3 Å². The first-order valence-corrected chi connectivity index (χ1v) is 4.96. The summed E-state index contributed by atoms with van der Waals surface area (Å²) >= 11 is 0. The van der Waals surface area contributed by atoms with Crippen molar-refractivity contribution in [1.82, 2.24) is 0 Å². The highest BCUT2D eigenvalue weighted by Gasteiger charge is 2.07. The fraction of sp³-hybridized carbons (Fsp3) is 0.154. The van der Waals surface area contributed by atoms with Crippen molar-refractivity contribution in [2.75, 3.05) is 7.11 Å². The van der Waals surface area contributed by atoms with Crippen LogP contribution in [0.2, 0.25) is 0 Å². The van der Waals surface area contributed by atoms with E-state index in [1.807, 2.05) is 36.4 Å². The molecule has 2 aromatic rings. The lowest BCUT2D eigenvalue weighted by Gasteiger charge is -2.08. The van der Waals surface area contributed by atoms with Gasteiger partial charge in [0.2, 0.25) is 6.29 Å². The molecular formula is C13H13BrNO2. The zero-order valence-electron chi connectivity index (χ0n) is 9.34. The van der Waals surface area contributed by atoms with Gasteiger partial charge >= 0.3 is 0 Å². The minimum atomic E-state index is -0.700. The molecule has 1 unspecified atom stereocenters.